The molecule has 0 radical (unpaired) electrons. The molecule has 0 aliphatic rings. The molecule has 0 bridgehead atoms. The average Bonchev–Trinajstić information content (AvgIpc) is 2.55. The summed E-state index contributed by atoms with van der Waals surface area (Å²) in [5, 5.41) is 0. The van der Waals surface area contributed by atoms with Crippen LogP contribution < -0.4 is 0 Å². The highest BCUT2D eigenvalue weighted by molar-refractivity contribution is 9.10. The van der Waals surface area contributed by atoms with Gasteiger partial charge in [-0.2, -0.15) is 0 Å². The van der Waals surface area contributed by atoms with Crippen molar-refractivity contribution in [3.05, 3.63) is 64.6 Å². The van der Waals surface area contributed by atoms with E-state index in [1.807, 2.05) is 30.3 Å². The third kappa shape index (κ3) is 4.91. The summed E-state index contributed by atoms with van der Waals surface area (Å²) in [5.41, 5.74) is 0.804. The van der Waals surface area contributed by atoms with Crippen molar-refractivity contribution in [3.8, 4) is 0 Å². The quantitative estimate of drug-likeness (QED) is 0.700. The Balaban J connectivity index is 2.29. The average molecular weight is 397 g/mol. The molecular weight excluding hydrogens is 380 g/mol. The fourth-order valence-corrected chi connectivity index (χ4v) is 4.13. The molecule has 0 aliphatic heterocycles. The number of esters is 1. The van der Waals surface area contributed by atoms with Crippen molar-refractivity contribution in [2.75, 3.05) is 12.9 Å². The summed E-state index contributed by atoms with van der Waals surface area (Å²) in [6.45, 7) is 0. The van der Waals surface area contributed by atoms with Crippen molar-refractivity contribution in [1.82, 2.24) is 0 Å². The lowest BCUT2D eigenvalue weighted by molar-refractivity contribution is -0.140. The SMILES string of the molecule is COC(=O)CC(CS(=O)(=O)c1ccc(Br)cc1)c1ccccc1. The van der Waals surface area contributed by atoms with Gasteiger partial charge in [0.2, 0.25) is 0 Å². The molecule has 122 valence electrons. The highest BCUT2D eigenvalue weighted by atomic mass is 79.9. The van der Waals surface area contributed by atoms with E-state index in [0.29, 0.717) is 0 Å². The fraction of sp³-hybridized carbons (Fsp3) is 0.235. The molecule has 23 heavy (non-hydrogen) atoms. The molecule has 0 N–H and O–H groups in total. The second kappa shape index (κ2) is 7.75. The van der Waals surface area contributed by atoms with Crippen molar-refractivity contribution in [2.24, 2.45) is 0 Å². The number of hydrogen-bond acceptors (Lipinski definition) is 4. The minimum atomic E-state index is -3.51. The molecule has 2 aromatic rings. The number of halogens is 1. The van der Waals surface area contributed by atoms with Crippen molar-refractivity contribution in [1.29, 1.82) is 0 Å². The van der Waals surface area contributed by atoms with Crippen molar-refractivity contribution < 1.29 is 17.9 Å². The molecule has 0 saturated carbocycles. The molecule has 2 rings (SSSR count). The summed E-state index contributed by atoms with van der Waals surface area (Å²) in [7, 11) is -2.21. The number of ether oxygens (including phenoxy) is 1. The lowest BCUT2D eigenvalue weighted by Gasteiger charge is -2.16. The first-order valence-electron chi connectivity index (χ1n) is 7.02. The van der Waals surface area contributed by atoms with Gasteiger partial charge in [-0.3, -0.25) is 4.79 Å². The van der Waals surface area contributed by atoms with Gasteiger partial charge in [0.25, 0.3) is 0 Å². The predicted molar refractivity (Wildman–Crippen MR) is 92.0 cm³/mol. The first-order valence-corrected chi connectivity index (χ1v) is 9.47. The van der Waals surface area contributed by atoms with Crippen LogP contribution >= 0.6 is 15.9 Å². The molecule has 0 aromatic heterocycles. The van der Waals surface area contributed by atoms with E-state index in [1.54, 1.807) is 24.3 Å². The molecule has 4 nitrogen and oxygen atoms in total. The van der Waals surface area contributed by atoms with E-state index in [2.05, 4.69) is 15.9 Å². The second-order valence-electron chi connectivity index (χ2n) is 5.12. The number of rotatable bonds is 6. The second-order valence-corrected chi connectivity index (χ2v) is 8.07. The third-order valence-electron chi connectivity index (χ3n) is 3.51. The number of hydrogen-bond donors (Lipinski definition) is 0. The van der Waals surface area contributed by atoms with Crippen LogP contribution in [0.4, 0.5) is 0 Å². The van der Waals surface area contributed by atoms with Crippen molar-refractivity contribution >= 4 is 31.7 Å². The Labute approximate surface area is 144 Å². The van der Waals surface area contributed by atoms with Gasteiger partial charge in [-0.25, -0.2) is 8.42 Å². The van der Waals surface area contributed by atoms with Gasteiger partial charge in [0, 0.05) is 10.4 Å². The Hall–Kier alpha value is -1.66. The Morgan fingerprint density at radius 2 is 1.70 bits per heavy atom. The van der Waals surface area contributed by atoms with Crippen LogP contribution in [0.1, 0.15) is 17.9 Å². The standard InChI is InChI=1S/C17H17BrO4S/c1-22-17(19)11-14(13-5-3-2-4-6-13)12-23(20,21)16-9-7-15(18)8-10-16/h2-10,14H,11-12H2,1H3. The molecule has 6 heteroatoms. The van der Waals surface area contributed by atoms with Crippen LogP contribution in [0.15, 0.2) is 64.0 Å². The van der Waals surface area contributed by atoms with E-state index in [0.717, 1.165) is 10.0 Å². The summed E-state index contributed by atoms with van der Waals surface area (Å²) in [6, 6.07) is 15.6. The van der Waals surface area contributed by atoms with Gasteiger partial charge in [-0.1, -0.05) is 46.3 Å². The minimum absolute atomic E-state index is 0.0241. The van der Waals surface area contributed by atoms with Crippen LogP contribution in [-0.4, -0.2) is 27.2 Å². The number of methoxy groups -OCH3 is 1. The summed E-state index contributed by atoms with van der Waals surface area (Å²) in [5.74, 6) is -1.02. The molecule has 0 heterocycles. The van der Waals surface area contributed by atoms with Crippen LogP contribution in [-0.2, 0) is 19.4 Å². The Morgan fingerprint density at radius 3 is 2.26 bits per heavy atom. The van der Waals surface area contributed by atoms with Crippen LogP contribution in [0.5, 0.6) is 0 Å². The highest BCUT2D eigenvalue weighted by Crippen LogP contribution is 2.26. The van der Waals surface area contributed by atoms with Crippen LogP contribution in [0.25, 0.3) is 0 Å². The predicted octanol–water partition coefficient (Wildman–Crippen LogP) is 3.57. The number of benzene rings is 2. The zero-order valence-corrected chi connectivity index (χ0v) is 15.0. The third-order valence-corrected chi connectivity index (χ3v) is 5.87. The maximum atomic E-state index is 12.6. The van der Waals surface area contributed by atoms with E-state index >= 15 is 0 Å². The number of carbonyl (C=O) groups is 1. The van der Waals surface area contributed by atoms with Gasteiger partial charge in [0.1, 0.15) is 0 Å². The maximum absolute atomic E-state index is 12.6. The van der Waals surface area contributed by atoms with E-state index in [-0.39, 0.29) is 17.1 Å². The zero-order chi connectivity index (χ0) is 16.9. The first kappa shape index (κ1) is 17.7. The van der Waals surface area contributed by atoms with Gasteiger partial charge < -0.3 is 4.74 Å². The Bertz CT molecular complexity index is 755. The zero-order valence-electron chi connectivity index (χ0n) is 12.6. The smallest absolute Gasteiger partial charge is 0.306 e. The first-order chi connectivity index (χ1) is 10.9. The largest absolute Gasteiger partial charge is 0.469 e. The number of carbonyl (C=O) groups excluding carboxylic acids is 1. The summed E-state index contributed by atoms with van der Waals surface area (Å²) in [4.78, 5) is 11.9. The molecule has 0 aliphatic carbocycles. The summed E-state index contributed by atoms with van der Waals surface area (Å²) < 4.78 is 30.8. The summed E-state index contributed by atoms with van der Waals surface area (Å²) in [6.07, 6.45) is 0.0241. The Morgan fingerprint density at radius 1 is 1.09 bits per heavy atom. The van der Waals surface area contributed by atoms with Gasteiger partial charge in [0.15, 0.2) is 9.84 Å². The molecule has 0 saturated heterocycles. The number of sulfone groups is 1. The Kier molecular flexibility index (Phi) is 5.96. The van der Waals surface area contributed by atoms with Gasteiger partial charge >= 0.3 is 5.97 Å². The van der Waals surface area contributed by atoms with E-state index in [1.165, 1.54) is 7.11 Å². The maximum Gasteiger partial charge on any atom is 0.306 e. The molecule has 1 unspecified atom stereocenters. The molecule has 2 aromatic carbocycles. The van der Waals surface area contributed by atoms with Gasteiger partial charge in [0.05, 0.1) is 24.2 Å². The normalized spacial score (nSPS) is 12.6. The topological polar surface area (TPSA) is 60.4 Å². The molecule has 0 spiro atoms. The minimum Gasteiger partial charge on any atom is -0.469 e. The summed E-state index contributed by atoms with van der Waals surface area (Å²) >= 11 is 3.29. The lowest BCUT2D eigenvalue weighted by Crippen LogP contribution is -2.18. The van der Waals surface area contributed by atoms with Gasteiger partial charge in [-0.15, -0.1) is 0 Å². The molecule has 0 amide bonds. The fourth-order valence-electron chi connectivity index (χ4n) is 2.29. The van der Waals surface area contributed by atoms with E-state index < -0.39 is 21.7 Å². The van der Waals surface area contributed by atoms with Crippen molar-refractivity contribution in [2.45, 2.75) is 17.2 Å². The van der Waals surface area contributed by atoms with E-state index in [9.17, 15) is 13.2 Å². The van der Waals surface area contributed by atoms with Crippen LogP contribution in [0.2, 0.25) is 0 Å². The van der Waals surface area contributed by atoms with Gasteiger partial charge in [-0.05, 0) is 29.8 Å². The van der Waals surface area contributed by atoms with E-state index in [4.69, 9.17) is 4.74 Å². The monoisotopic (exact) mass is 396 g/mol. The molecular formula is C17H17BrO4S. The van der Waals surface area contributed by atoms with Crippen LogP contribution in [0.3, 0.4) is 0 Å². The van der Waals surface area contributed by atoms with Crippen molar-refractivity contribution in [3.63, 3.8) is 0 Å². The lowest BCUT2D eigenvalue weighted by atomic mass is 9.98. The highest BCUT2D eigenvalue weighted by Gasteiger charge is 2.25. The van der Waals surface area contributed by atoms with Crippen LogP contribution in [0, 0.1) is 0 Å². The molecule has 0 fully saturated rings. The molecule has 1 atom stereocenters.